The number of amides is 2. The summed E-state index contributed by atoms with van der Waals surface area (Å²) in [5.74, 6) is -0.499. The van der Waals surface area contributed by atoms with Crippen molar-refractivity contribution >= 4 is 11.8 Å². The van der Waals surface area contributed by atoms with Gasteiger partial charge in [-0.2, -0.15) is 0 Å². The Morgan fingerprint density at radius 2 is 1.38 bits per heavy atom. The zero-order chi connectivity index (χ0) is 18.9. The molecule has 7 heteroatoms. The zero-order valence-corrected chi connectivity index (χ0v) is 15.3. The van der Waals surface area contributed by atoms with Crippen LogP contribution >= 0.6 is 0 Å². The molecule has 2 fully saturated rings. The Morgan fingerprint density at radius 3 is 1.69 bits per heavy atom. The summed E-state index contributed by atoms with van der Waals surface area (Å²) in [7, 11) is 0. The van der Waals surface area contributed by atoms with Crippen LogP contribution in [0.4, 0.5) is 0 Å². The average Bonchev–Trinajstić information content (AvgIpc) is 3.33. The van der Waals surface area contributed by atoms with E-state index in [4.69, 9.17) is 9.47 Å². The first-order chi connectivity index (χ1) is 12.5. The minimum Gasteiger partial charge on any atom is -0.389 e. The maximum Gasteiger partial charge on any atom is 0.246 e. The van der Waals surface area contributed by atoms with E-state index in [1.807, 2.05) is 0 Å². The number of aliphatic hydroxyl groups is 1. The van der Waals surface area contributed by atoms with Gasteiger partial charge >= 0.3 is 0 Å². The van der Waals surface area contributed by atoms with Crippen molar-refractivity contribution in [2.75, 3.05) is 39.4 Å². The average molecular weight is 366 g/mol. The van der Waals surface area contributed by atoms with Crippen LogP contribution in [-0.4, -0.2) is 84.4 Å². The molecule has 2 unspecified atom stereocenters. The standard InChI is InChI=1S/C19H30N2O5/c1-3-18(23)20(13-16-7-5-9-25-16)11-15(22)12-21(19(24)4-2)14-17-8-6-10-26-17/h3-4,15-17,22H,1-2,5-14H2. The van der Waals surface area contributed by atoms with E-state index in [0.29, 0.717) is 26.3 Å². The molecule has 2 aliphatic rings. The Balaban J connectivity index is 1.92. The van der Waals surface area contributed by atoms with Gasteiger partial charge in [0, 0.05) is 39.4 Å². The van der Waals surface area contributed by atoms with E-state index >= 15 is 0 Å². The molecule has 146 valence electrons. The maximum atomic E-state index is 12.1. The molecule has 0 spiro atoms. The highest BCUT2D eigenvalue weighted by Crippen LogP contribution is 2.16. The molecule has 2 heterocycles. The van der Waals surface area contributed by atoms with E-state index in [-0.39, 0.29) is 37.1 Å². The van der Waals surface area contributed by atoms with Gasteiger partial charge in [-0.05, 0) is 37.8 Å². The van der Waals surface area contributed by atoms with Crippen LogP contribution in [0.5, 0.6) is 0 Å². The van der Waals surface area contributed by atoms with Crippen molar-refractivity contribution in [2.24, 2.45) is 0 Å². The van der Waals surface area contributed by atoms with E-state index in [0.717, 1.165) is 25.7 Å². The lowest BCUT2D eigenvalue weighted by Crippen LogP contribution is -2.47. The second kappa shape index (κ2) is 10.4. The van der Waals surface area contributed by atoms with Crippen LogP contribution < -0.4 is 0 Å². The summed E-state index contributed by atoms with van der Waals surface area (Å²) in [6.45, 7) is 9.54. The second-order valence-corrected chi connectivity index (χ2v) is 6.82. The van der Waals surface area contributed by atoms with Gasteiger partial charge in [-0.1, -0.05) is 13.2 Å². The molecule has 0 aliphatic carbocycles. The molecule has 2 amide bonds. The normalized spacial score (nSPS) is 23.4. The van der Waals surface area contributed by atoms with Crippen molar-refractivity contribution in [3.8, 4) is 0 Å². The Morgan fingerprint density at radius 1 is 0.962 bits per heavy atom. The monoisotopic (exact) mass is 366 g/mol. The summed E-state index contributed by atoms with van der Waals surface area (Å²) in [4.78, 5) is 27.3. The summed E-state index contributed by atoms with van der Waals surface area (Å²) in [5, 5.41) is 10.5. The molecular formula is C19H30N2O5. The number of ether oxygens (including phenoxy) is 2. The van der Waals surface area contributed by atoms with E-state index < -0.39 is 6.10 Å². The first-order valence-electron chi connectivity index (χ1n) is 9.27. The van der Waals surface area contributed by atoms with Gasteiger partial charge in [-0.3, -0.25) is 9.59 Å². The molecule has 0 aromatic carbocycles. The lowest BCUT2D eigenvalue weighted by molar-refractivity contribution is -0.131. The summed E-state index contributed by atoms with van der Waals surface area (Å²) in [6.07, 6.45) is 5.34. The number of rotatable bonds is 10. The van der Waals surface area contributed by atoms with Gasteiger partial charge < -0.3 is 24.4 Å². The number of aliphatic hydroxyl groups excluding tert-OH is 1. The smallest absolute Gasteiger partial charge is 0.246 e. The fraction of sp³-hybridized carbons (Fsp3) is 0.684. The van der Waals surface area contributed by atoms with E-state index in [9.17, 15) is 14.7 Å². The predicted octanol–water partition coefficient (Wildman–Crippen LogP) is 0.734. The number of hydrogen-bond donors (Lipinski definition) is 1. The minimum absolute atomic E-state index is 0.0103. The number of carbonyl (C=O) groups excluding carboxylic acids is 2. The lowest BCUT2D eigenvalue weighted by atomic mass is 10.2. The topological polar surface area (TPSA) is 79.3 Å². The highest BCUT2D eigenvalue weighted by molar-refractivity contribution is 5.87. The van der Waals surface area contributed by atoms with E-state index in [1.54, 1.807) is 0 Å². The highest BCUT2D eigenvalue weighted by Gasteiger charge is 2.26. The van der Waals surface area contributed by atoms with Crippen molar-refractivity contribution in [2.45, 2.75) is 44.0 Å². The number of hydrogen-bond acceptors (Lipinski definition) is 5. The molecule has 0 aromatic heterocycles. The SMILES string of the molecule is C=CC(=O)N(CC(O)CN(CC1CCCO1)C(=O)C=C)CC1CCCO1. The summed E-state index contributed by atoms with van der Waals surface area (Å²) in [6, 6.07) is 0. The molecule has 0 aromatic rings. The van der Waals surface area contributed by atoms with Gasteiger partial charge in [-0.25, -0.2) is 0 Å². The largest absolute Gasteiger partial charge is 0.389 e. The molecule has 0 bridgehead atoms. The van der Waals surface area contributed by atoms with Crippen molar-refractivity contribution in [3.63, 3.8) is 0 Å². The predicted molar refractivity (Wildman–Crippen MR) is 97.5 cm³/mol. The van der Waals surface area contributed by atoms with Crippen LogP contribution in [0.2, 0.25) is 0 Å². The molecule has 2 aliphatic heterocycles. The molecule has 1 N–H and O–H groups in total. The van der Waals surface area contributed by atoms with Crippen LogP contribution in [-0.2, 0) is 19.1 Å². The molecule has 0 radical (unpaired) electrons. The van der Waals surface area contributed by atoms with Crippen LogP contribution in [0, 0.1) is 0 Å². The molecular weight excluding hydrogens is 336 g/mol. The molecule has 26 heavy (non-hydrogen) atoms. The van der Waals surface area contributed by atoms with Gasteiger partial charge in [0.05, 0.1) is 18.3 Å². The Bertz CT molecular complexity index is 454. The van der Waals surface area contributed by atoms with Crippen molar-refractivity contribution < 1.29 is 24.2 Å². The van der Waals surface area contributed by atoms with Crippen LogP contribution in [0.25, 0.3) is 0 Å². The summed E-state index contributed by atoms with van der Waals surface area (Å²) < 4.78 is 11.2. The second-order valence-electron chi connectivity index (χ2n) is 6.82. The fourth-order valence-electron chi connectivity index (χ4n) is 3.40. The Kier molecular flexibility index (Phi) is 8.28. The fourth-order valence-corrected chi connectivity index (χ4v) is 3.40. The summed E-state index contributed by atoms with van der Waals surface area (Å²) >= 11 is 0. The van der Waals surface area contributed by atoms with Gasteiger partial charge in [0.25, 0.3) is 0 Å². The molecule has 2 saturated heterocycles. The van der Waals surface area contributed by atoms with Gasteiger partial charge in [0.1, 0.15) is 0 Å². The van der Waals surface area contributed by atoms with Crippen LogP contribution in [0.3, 0.4) is 0 Å². The van der Waals surface area contributed by atoms with Crippen molar-refractivity contribution in [1.29, 1.82) is 0 Å². The molecule has 0 saturated carbocycles. The highest BCUT2D eigenvalue weighted by atomic mass is 16.5. The minimum atomic E-state index is -0.870. The molecule has 2 atom stereocenters. The molecule has 7 nitrogen and oxygen atoms in total. The third-order valence-electron chi connectivity index (χ3n) is 4.73. The van der Waals surface area contributed by atoms with E-state index in [2.05, 4.69) is 13.2 Å². The zero-order valence-electron chi connectivity index (χ0n) is 15.3. The van der Waals surface area contributed by atoms with Gasteiger partial charge in [-0.15, -0.1) is 0 Å². The molecule has 2 rings (SSSR count). The van der Waals surface area contributed by atoms with E-state index in [1.165, 1.54) is 22.0 Å². The maximum absolute atomic E-state index is 12.1. The van der Waals surface area contributed by atoms with Crippen molar-refractivity contribution in [1.82, 2.24) is 9.80 Å². The quantitative estimate of drug-likeness (QED) is 0.577. The Labute approximate surface area is 155 Å². The first-order valence-corrected chi connectivity index (χ1v) is 9.27. The van der Waals surface area contributed by atoms with Crippen molar-refractivity contribution in [3.05, 3.63) is 25.3 Å². The summed E-state index contributed by atoms with van der Waals surface area (Å²) in [5.41, 5.74) is 0. The van der Waals surface area contributed by atoms with Gasteiger partial charge in [0.2, 0.25) is 11.8 Å². The third-order valence-corrected chi connectivity index (χ3v) is 4.73. The van der Waals surface area contributed by atoms with Gasteiger partial charge in [0.15, 0.2) is 0 Å². The third kappa shape index (κ3) is 6.23. The first kappa shape index (κ1) is 20.6. The number of carbonyl (C=O) groups is 2. The number of nitrogens with zero attached hydrogens (tertiary/aromatic N) is 2. The van der Waals surface area contributed by atoms with Crippen LogP contribution in [0.15, 0.2) is 25.3 Å². The van der Waals surface area contributed by atoms with Crippen LogP contribution in [0.1, 0.15) is 25.7 Å². The lowest BCUT2D eigenvalue weighted by Gasteiger charge is -2.30. The Hall–Kier alpha value is -1.70.